The molecule has 0 N–H and O–H groups in total. The standard InChI is InChI=1S/4C15H13.Ru/c4*1-2-11-7-8-15-13(9-11)10-12-5-3-4-6-14(12)15;/h4*3-8H,2,10H2,1H3;/q4*-1;+4. The zero-order valence-electron chi connectivity index (χ0n) is 35.9. The van der Waals surface area contributed by atoms with Gasteiger partial charge in [-0.05, 0) is 25.7 Å². The molecule has 12 rings (SSSR count). The van der Waals surface area contributed by atoms with Gasteiger partial charge in [-0.3, -0.25) is 0 Å². The van der Waals surface area contributed by atoms with Gasteiger partial charge in [-0.1, -0.05) is 195 Å². The summed E-state index contributed by atoms with van der Waals surface area (Å²) in [7, 11) is 0. The third-order valence-corrected chi connectivity index (χ3v) is 12.6. The average Bonchev–Trinajstić information content (AvgIpc) is 4.08. The predicted octanol–water partition coefficient (Wildman–Crippen LogP) is 14.5. The molecule has 0 aliphatic heterocycles. The second kappa shape index (κ2) is 19.0. The molecule has 0 heterocycles. The topological polar surface area (TPSA) is 0 Å². The summed E-state index contributed by atoms with van der Waals surface area (Å²) in [6, 6.07) is 66.5. The largest absolute Gasteiger partial charge is 4.00 e. The Morgan fingerprint density at radius 1 is 0.279 bits per heavy atom. The van der Waals surface area contributed by atoms with E-state index in [2.05, 4.69) is 198 Å². The molecule has 0 nitrogen and oxygen atoms in total. The van der Waals surface area contributed by atoms with Gasteiger partial charge in [0.25, 0.3) is 0 Å². The maximum atomic E-state index is 3.52. The van der Waals surface area contributed by atoms with Crippen molar-refractivity contribution in [3.8, 4) is 44.5 Å². The molecule has 0 atom stereocenters. The van der Waals surface area contributed by atoms with Crippen LogP contribution in [0.15, 0.2) is 146 Å². The minimum Gasteiger partial charge on any atom is -0.176 e. The SMILES string of the molecule is CCc1[c-]c2c(cc1)-c1ccccc1C2.CCc1[c-]c2c(cc1)-c1ccccc1C2.CCc1[c-]c2c(cc1)-c1ccccc1C2.CCc1[c-]c2c(cc1)-c1ccccc1C2.[Ru+4]. The normalized spacial score (nSPS) is 12.1. The summed E-state index contributed by atoms with van der Waals surface area (Å²) in [4.78, 5) is 0. The van der Waals surface area contributed by atoms with Gasteiger partial charge in [0.2, 0.25) is 0 Å². The number of fused-ring (bicyclic) bond motifs is 12. The first-order valence-corrected chi connectivity index (χ1v) is 22.0. The van der Waals surface area contributed by atoms with Gasteiger partial charge in [0.15, 0.2) is 0 Å². The van der Waals surface area contributed by atoms with Gasteiger partial charge in [0.05, 0.1) is 0 Å². The van der Waals surface area contributed by atoms with Crippen LogP contribution in [0.2, 0.25) is 0 Å². The Kier molecular flexibility index (Phi) is 13.1. The molecule has 1 heteroatoms. The summed E-state index contributed by atoms with van der Waals surface area (Å²) in [5.74, 6) is 0. The van der Waals surface area contributed by atoms with Crippen LogP contribution in [0.25, 0.3) is 44.5 Å². The molecule has 4 aliphatic carbocycles. The van der Waals surface area contributed by atoms with Crippen LogP contribution in [0.1, 0.15) is 94.5 Å². The fourth-order valence-electron chi connectivity index (χ4n) is 9.25. The third kappa shape index (κ3) is 8.78. The molecule has 0 amide bonds. The second-order valence-electron chi connectivity index (χ2n) is 16.3. The fourth-order valence-corrected chi connectivity index (χ4v) is 9.25. The van der Waals surface area contributed by atoms with E-state index in [1.54, 1.807) is 0 Å². The molecule has 0 saturated carbocycles. The van der Waals surface area contributed by atoms with Crippen molar-refractivity contribution in [2.75, 3.05) is 0 Å². The van der Waals surface area contributed by atoms with Gasteiger partial charge in [-0.15, -0.1) is 44.5 Å². The molecule has 0 unspecified atom stereocenters. The van der Waals surface area contributed by atoms with Crippen LogP contribution in [-0.2, 0) is 70.8 Å². The van der Waals surface area contributed by atoms with E-state index in [9.17, 15) is 0 Å². The van der Waals surface area contributed by atoms with Crippen LogP contribution in [0.4, 0.5) is 0 Å². The first-order chi connectivity index (χ1) is 29.5. The van der Waals surface area contributed by atoms with Gasteiger partial charge >= 0.3 is 19.5 Å². The second-order valence-corrected chi connectivity index (χ2v) is 16.3. The van der Waals surface area contributed by atoms with Crippen LogP contribution in [0, 0.1) is 24.3 Å². The molecule has 8 aromatic rings. The van der Waals surface area contributed by atoms with E-state index in [4.69, 9.17) is 0 Å². The summed E-state index contributed by atoms with van der Waals surface area (Å²) < 4.78 is 0. The van der Waals surface area contributed by atoms with Crippen LogP contribution >= 0.6 is 0 Å². The summed E-state index contributed by atoms with van der Waals surface area (Å²) >= 11 is 0. The zero-order valence-corrected chi connectivity index (χ0v) is 37.6. The van der Waals surface area contributed by atoms with E-state index in [0.717, 1.165) is 51.4 Å². The van der Waals surface area contributed by atoms with Crippen molar-refractivity contribution in [3.05, 3.63) is 237 Å². The van der Waals surface area contributed by atoms with Crippen molar-refractivity contribution >= 4 is 0 Å². The van der Waals surface area contributed by atoms with E-state index in [0.29, 0.717) is 0 Å². The molecule has 4 aliphatic rings. The number of hydrogen-bond acceptors (Lipinski definition) is 0. The van der Waals surface area contributed by atoms with Crippen LogP contribution in [0.5, 0.6) is 0 Å². The van der Waals surface area contributed by atoms with Crippen LogP contribution in [-0.4, -0.2) is 0 Å². The maximum Gasteiger partial charge on any atom is 4.00 e. The monoisotopic (exact) mass is 874 g/mol. The zero-order chi connectivity index (χ0) is 41.0. The molecule has 8 aromatic carbocycles. The molecule has 0 saturated heterocycles. The Morgan fingerprint density at radius 2 is 0.492 bits per heavy atom. The van der Waals surface area contributed by atoms with E-state index in [1.165, 1.54) is 111 Å². The van der Waals surface area contributed by atoms with Crippen molar-refractivity contribution in [2.45, 2.75) is 79.1 Å². The molecule has 0 fully saturated rings. The first-order valence-electron chi connectivity index (χ1n) is 22.0. The quantitative estimate of drug-likeness (QED) is 0.122. The maximum absolute atomic E-state index is 3.52. The van der Waals surface area contributed by atoms with Crippen LogP contribution in [0.3, 0.4) is 0 Å². The van der Waals surface area contributed by atoms with Gasteiger partial charge in [-0.25, -0.2) is 0 Å². The smallest absolute Gasteiger partial charge is 0.176 e. The van der Waals surface area contributed by atoms with Crippen molar-refractivity contribution in [3.63, 3.8) is 0 Å². The van der Waals surface area contributed by atoms with Crippen molar-refractivity contribution in [1.29, 1.82) is 0 Å². The van der Waals surface area contributed by atoms with Crippen molar-refractivity contribution in [1.82, 2.24) is 0 Å². The summed E-state index contributed by atoms with van der Waals surface area (Å²) in [6.45, 7) is 8.72. The molecular formula is C60H52Ru. The van der Waals surface area contributed by atoms with E-state index < -0.39 is 0 Å². The number of benzene rings is 8. The Labute approximate surface area is 377 Å². The minimum atomic E-state index is 0. The molecule has 0 radical (unpaired) electrons. The van der Waals surface area contributed by atoms with Gasteiger partial charge in [0, 0.05) is 0 Å². The Balaban J connectivity index is 0.000000112. The van der Waals surface area contributed by atoms with Crippen molar-refractivity contribution < 1.29 is 19.5 Å². The van der Waals surface area contributed by atoms with Gasteiger partial charge < -0.3 is 0 Å². The summed E-state index contributed by atoms with van der Waals surface area (Å²) in [5, 5.41) is 0. The van der Waals surface area contributed by atoms with E-state index >= 15 is 0 Å². The van der Waals surface area contributed by atoms with Gasteiger partial charge in [-0.2, -0.15) is 95.1 Å². The molecule has 300 valence electrons. The van der Waals surface area contributed by atoms with Crippen molar-refractivity contribution in [2.24, 2.45) is 0 Å². The molecule has 0 spiro atoms. The summed E-state index contributed by atoms with van der Waals surface area (Å²) in [6.07, 6.45) is 8.51. The number of rotatable bonds is 4. The first kappa shape index (κ1) is 42.1. The van der Waals surface area contributed by atoms with E-state index in [1.807, 2.05) is 0 Å². The Hall–Kier alpha value is -5.62. The summed E-state index contributed by atoms with van der Waals surface area (Å²) in [5.41, 5.74) is 27.6. The Morgan fingerprint density at radius 3 is 0.705 bits per heavy atom. The molecule has 61 heavy (non-hydrogen) atoms. The fraction of sp³-hybridized carbons (Fsp3) is 0.200. The number of aryl methyl sites for hydroxylation is 4. The molecule has 0 aromatic heterocycles. The van der Waals surface area contributed by atoms with E-state index in [-0.39, 0.29) is 19.5 Å². The third-order valence-electron chi connectivity index (χ3n) is 12.6. The minimum absolute atomic E-state index is 0. The average molecular weight is 874 g/mol. The number of hydrogen-bond donors (Lipinski definition) is 0. The molecule has 0 bridgehead atoms. The Bertz CT molecular complexity index is 2430. The molecular weight excluding hydrogens is 822 g/mol. The van der Waals surface area contributed by atoms with Gasteiger partial charge in [0.1, 0.15) is 0 Å². The van der Waals surface area contributed by atoms with Crippen LogP contribution < -0.4 is 0 Å². The predicted molar refractivity (Wildman–Crippen MR) is 252 cm³/mol.